The summed E-state index contributed by atoms with van der Waals surface area (Å²) >= 11 is 0. The number of carbonyl (C=O) groups excluding carboxylic acids is 1. The summed E-state index contributed by atoms with van der Waals surface area (Å²) in [4.78, 5) is 13.0. The number of unbranched alkanes of at least 4 members (excludes halogenated alkanes) is 11. The predicted octanol–water partition coefficient (Wildman–Crippen LogP) is 13.1. The number of amides is 1. The van der Waals surface area contributed by atoms with Gasteiger partial charge in [0.05, 0.1) is 25.4 Å². The molecule has 7 atom stereocenters. The van der Waals surface area contributed by atoms with Gasteiger partial charge in [-0.2, -0.15) is 0 Å². The lowest BCUT2D eigenvalue weighted by Gasteiger charge is -2.40. The highest BCUT2D eigenvalue weighted by Crippen LogP contribution is 2.22. The van der Waals surface area contributed by atoms with Gasteiger partial charge in [0, 0.05) is 6.42 Å². The van der Waals surface area contributed by atoms with E-state index in [1.807, 2.05) is 6.08 Å². The summed E-state index contributed by atoms with van der Waals surface area (Å²) in [5.41, 5.74) is 0. The van der Waals surface area contributed by atoms with E-state index >= 15 is 0 Å². The van der Waals surface area contributed by atoms with Crippen molar-refractivity contribution in [3.8, 4) is 0 Å². The summed E-state index contributed by atoms with van der Waals surface area (Å²) in [7, 11) is 0. The Morgan fingerprint density at radius 1 is 0.500 bits per heavy atom. The van der Waals surface area contributed by atoms with Gasteiger partial charge in [-0.05, 0) is 109 Å². The van der Waals surface area contributed by atoms with Gasteiger partial charge in [-0.3, -0.25) is 4.79 Å². The highest BCUT2D eigenvalue weighted by Gasteiger charge is 2.44. The van der Waals surface area contributed by atoms with Gasteiger partial charge in [0.2, 0.25) is 5.91 Å². The maximum atomic E-state index is 13.0. The van der Waals surface area contributed by atoms with Gasteiger partial charge in [0.15, 0.2) is 6.29 Å². The van der Waals surface area contributed by atoms with Gasteiger partial charge >= 0.3 is 0 Å². The Labute approximate surface area is 425 Å². The van der Waals surface area contributed by atoms with Gasteiger partial charge in [0.1, 0.15) is 24.4 Å². The molecule has 1 amide bonds. The molecule has 0 aromatic heterocycles. The lowest BCUT2D eigenvalue weighted by Crippen LogP contribution is -2.60. The van der Waals surface area contributed by atoms with Crippen LogP contribution in [0.1, 0.15) is 174 Å². The highest BCUT2D eigenvalue weighted by molar-refractivity contribution is 5.76. The molecule has 1 rings (SSSR count). The molecule has 0 spiro atoms. The van der Waals surface area contributed by atoms with Crippen LogP contribution in [-0.2, 0) is 14.3 Å². The fourth-order valence-corrected chi connectivity index (χ4v) is 7.37. The molecule has 1 aliphatic rings. The molecular weight excluding hydrogens is 875 g/mol. The molecule has 394 valence electrons. The third-order valence-electron chi connectivity index (χ3n) is 11.6. The van der Waals surface area contributed by atoms with Crippen LogP contribution < -0.4 is 5.32 Å². The van der Waals surface area contributed by atoms with Crippen LogP contribution >= 0.6 is 0 Å². The molecule has 0 aliphatic carbocycles. The molecule has 1 heterocycles. The summed E-state index contributed by atoms with van der Waals surface area (Å²) in [5, 5.41) is 54.3. The third kappa shape index (κ3) is 37.8. The van der Waals surface area contributed by atoms with E-state index in [1.54, 1.807) is 6.08 Å². The second-order valence-corrected chi connectivity index (χ2v) is 17.9. The van der Waals surface area contributed by atoms with Crippen molar-refractivity contribution in [1.29, 1.82) is 0 Å². The van der Waals surface area contributed by atoms with Crippen LogP contribution in [0.2, 0.25) is 0 Å². The number of rotatable bonds is 43. The smallest absolute Gasteiger partial charge is 0.220 e. The zero-order valence-corrected chi connectivity index (χ0v) is 43.5. The van der Waals surface area contributed by atoms with Crippen molar-refractivity contribution in [2.75, 3.05) is 13.2 Å². The topological polar surface area (TPSA) is 149 Å². The molecule has 0 aromatic carbocycles. The van der Waals surface area contributed by atoms with Gasteiger partial charge in [-0.15, -0.1) is 0 Å². The average Bonchev–Trinajstić information content (AvgIpc) is 3.36. The molecule has 0 saturated carbocycles. The number of nitrogens with one attached hydrogen (secondary N) is 1. The zero-order valence-electron chi connectivity index (χ0n) is 43.5. The normalized spacial score (nSPS) is 20.6. The molecule has 1 aliphatic heterocycles. The van der Waals surface area contributed by atoms with Crippen LogP contribution in [0.3, 0.4) is 0 Å². The molecule has 9 heteroatoms. The highest BCUT2D eigenvalue weighted by atomic mass is 16.7. The molecule has 0 aromatic rings. The van der Waals surface area contributed by atoms with E-state index in [0.29, 0.717) is 6.42 Å². The number of hydrogen-bond acceptors (Lipinski definition) is 8. The van der Waals surface area contributed by atoms with E-state index < -0.39 is 49.5 Å². The van der Waals surface area contributed by atoms with Crippen molar-refractivity contribution in [3.63, 3.8) is 0 Å². The Bertz CT molecular complexity index is 1600. The largest absolute Gasteiger partial charge is 0.394 e. The lowest BCUT2D eigenvalue weighted by molar-refractivity contribution is -0.302. The third-order valence-corrected chi connectivity index (χ3v) is 11.6. The number of aliphatic hydroxyl groups excluding tert-OH is 5. The van der Waals surface area contributed by atoms with Crippen LogP contribution in [0.5, 0.6) is 0 Å². The van der Waals surface area contributed by atoms with Crippen molar-refractivity contribution in [2.45, 2.75) is 217 Å². The molecule has 0 radical (unpaired) electrons. The summed E-state index contributed by atoms with van der Waals surface area (Å²) in [5.74, 6) is -0.237. The number of aliphatic hydroxyl groups is 5. The van der Waals surface area contributed by atoms with Crippen LogP contribution in [-0.4, -0.2) is 87.5 Å². The second-order valence-electron chi connectivity index (χ2n) is 17.9. The van der Waals surface area contributed by atoms with Crippen molar-refractivity contribution < 1.29 is 39.8 Å². The average molecular weight is 972 g/mol. The summed E-state index contributed by atoms with van der Waals surface area (Å²) in [6.45, 7) is 3.59. The van der Waals surface area contributed by atoms with E-state index in [1.165, 1.54) is 51.4 Å². The predicted molar refractivity (Wildman–Crippen MR) is 294 cm³/mol. The van der Waals surface area contributed by atoms with E-state index in [2.05, 4.69) is 153 Å². The minimum Gasteiger partial charge on any atom is -0.394 e. The molecular formula is C61H97NO8. The van der Waals surface area contributed by atoms with E-state index in [9.17, 15) is 30.3 Å². The Hall–Kier alpha value is -3.93. The fourth-order valence-electron chi connectivity index (χ4n) is 7.37. The first-order valence-electron chi connectivity index (χ1n) is 27.1. The van der Waals surface area contributed by atoms with Gasteiger partial charge in [-0.25, -0.2) is 0 Å². The van der Waals surface area contributed by atoms with Gasteiger partial charge in [-0.1, -0.05) is 205 Å². The van der Waals surface area contributed by atoms with Crippen molar-refractivity contribution in [1.82, 2.24) is 5.32 Å². The molecule has 7 unspecified atom stereocenters. The van der Waals surface area contributed by atoms with Gasteiger partial charge in [0.25, 0.3) is 0 Å². The van der Waals surface area contributed by atoms with Crippen LogP contribution in [0.25, 0.3) is 0 Å². The second kappa shape index (κ2) is 48.7. The van der Waals surface area contributed by atoms with Gasteiger partial charge < -0.3 is 40.3 Å². The van der Waals surface area contributed by atoms with Crippen LogP contribution in [0.4, 0.5) is 0 Å². The molecule has 6 N–H and O–H groups in total. The van der Waals surface area contributed by atoms with Crippen LogP contribution in [0, 0.1) is 0 Å². The summed E-state index contributed by atoms with van der Waals surface area (Å²) < 4.78 is 11.2. The molecule has 9 nitrogen and oxygen atoms in total. The van der Waals surface area contributed by atoms with E-state index in [0.717, 1.165) is 96.3 Å². The number of carbonyl (C=O) groups is 1. The number of ether oxygens (including phenoxy) is 2. The quantitative estimate of drug-likeness (QED) is 0.0261. The minimum absolute atomic E-state index is 0.229. The Morgan fingerprint density at radius 2 is 0.900 bits per heavy atom. The molecule has 0 bridgehead atoms. The maximum Gasteiger partial charge on any atom is 0.220 e. The number of hydrogen-bond donors (Lipinski definition) is 6. The van der Waals surface area contributed by atoms with Crippen LogP contribution in [0.15, 0.2) is 146 Å². The SMILES string of the molecule is CC/C=C\C/C=C\C/C=C\C/C=C\C/C=C\C/C=C\C/C=C\C/C=C\C/C=C\C/C=C\CCCCC(=O)NC(COC1OC(CO)C(O)C(O)C1O)C(O)/C=C/CC/C=C/CCCCCCCCCC. The fraction of sp³-hybridized carbons (Fsp3) is 0.590. The molecule has 1 fully saturated rings. The van der Waals surface area contributed by atoms with E-state index in [-0.39, 0.29) is 18.9 Å². The van der Waals surface area contributed by atoms with Crippen molar-refractivity contribution in [3.05, 3.63) is 146 Å². The van der Waals surface area contributed by atoms with E-state index in [4.69, 9.17) is 9.47 Å². The first-order chi connectivity index (χ1) is 34.3. The Kier molecular flexibility index (Phi) is 44.6. The minimum atomic E-state index is -1.59. The monoisotopic (exact) mass is 972 g/mol. The lowest BCUT2D eigenvalue weighted by atomic mass is 9.99. The Morgan fingerprint density at radius 3 is 1.37 bits per heavy atom. The number of allylic oxidation sites excluding steroid dienone is 23. The Balaban J connectivity index is 2.30. The van der Waals surface area contributed by atoms with Crippen molar-refractivity contribution >= 4 is 5.91 Å². The summed E-state index contributed by atoms with van der Waals surface area (Å²) in [6.07, 6.45) is 69.1. The maximum absolute atomic E-state index is 13.0. The first kappa shape index (κ1) is 64.1. The molecule has 1 saturated heterocycles. The standard InChI is InChI=1S/C61H97NO8/c1-3-5-7-9-11-13-15-17-19-20-21-22-23-24-25-26-27-28-29-30-31-32-33-34-35-36-37-39-41-43-45-47-49-51-57(65)62-54(53-69-61-60(68)59(67)58(66)56(52-63)70-61)55(64)50-48-46-44-42-40-38-18-16-14-12-10-8-6-4-2/h5,7,11,13,17,19,21-22,24-25,27-28,30-31,33-34,36-37,40-43,48,50,54-56,58-61,63-64,66-68H,3-4,6,8-10,12,14-16,18,20,23,26,29,32,35,38-39,44-47,49,51-53H2,1-2H3,(H,62,65)/b7-5-,13-11-,19-17-,22-21-,25-24-,28-27-,31-30-,34-33-,37-36-,42-40+,43-41-,50-48+. The zero-order chi connectivity index (χ0) is 50.8. The summed E-state index contributed by atoms with van der Waals surface area (Å²) in [6, 6.07) is -0.856. The van der Waals surface area contributed by atoms with Crippen molar-refractivity contribution in [2.24, 2.45) is 0 Å². The molecule has 70 heavy (non-hydrogen) atoms. The first-order valence-corrected chi connectivity index (χ1v) is 27.1.